The van der Waals surface area contributed by atoms with E-state index in [0.717, 1.165) is 4.47 Å². The first kappa shape index (κ1) is 10.5. The lowest BCUT2D eigenvalue weighted by molar-refractivity contribution is 0.0964. The molecule has 0 saturated carbocycles. The van der Waals surface area contributed by atoms with Crippen LogP contribution in [0.2, 0.25) is 0 Å². The van der Waals surface area contributed by atoms with Gasteiger partial charge in [0.1, 0.15) is 0 Å². The fourth-order valence-corrected chi connectivity index (χ4v) is 2.13. The summed E-state index contributed by atoms with van der Waals surface area (Å²) in [4.78, 5) is 11.3. The number of carbonyl (C=O) groups excluding carboxylic acids is 1. The number of hydrogen-bond donors (Lipinski definition) is 2. The smallest absolute Gasteiger partial charge is 0.253 e. The Morgan fingerprint density at radius 3 is 2.62 bits per heavy atom. The quantitative estimate of drug-likeness (QED) is 0.781. The third kappa shape index (κ3) is 2.22. The van der Waals surface area contributed by atoms with Crippen LogP contribution in [0.25, 0.3) is 0 Å². The number of halogens is 2. The van der Waals surface area contributed by atoms with Gasteiger partial charge in [0, 0.05) is 16.0 Å². The highest BCUT2D eigenvalue weighted by atomic mass is 79.9. The zero-order valence-electron chi connectivity index (χ0n) is 6.90. The van der Waals surface area contributed by atoms with E-state index in [4.69, 9.17) is 5.73 Å². The van der Waals surface area contributed by atoms with Gasteiger partial charge >= 0.3 is 0 Å². The van der Waals surface area contributed by atoms with Crippen molar-refractivity contribution in [1.29, 1.82) is 0 Å². The number of nitrogen functional groups attached to an aromatic ring is 1. The molecular weight excluding hydrogens is 300 g/mol. The number of carbonyl (C=O) groups is 1. The molecule has 0 aliphatic carbocycles. The number of nitrogens with one attached hydrogen (secondary N) is 1. The van der Waals surface area contributed by atoms with E-state index in [-0.39, 0.29) is 5.91 Å². The first-order valence-electron chi connectivity index (χ1n) is 3.53. The SMILES string of the molecule is CNC(=O)c1cc(Br)cc(Br)c1N. The van der Waals surface area contributed by atoms with Crippen molar-refractivity contribution in [2.24, 2.45) is 0 Å². The van der Waals surface area contributed by atoms with Crippen molar-refractivity contribution < 1.29 is 4.79 Å². The minimum Gasteiger partial charge on any atom is -0.397 e. The lowest BCUT2D eigenvalue weighted by atomic mass is 10.2. The molecule has 3 N–H and O–H groups in total. The van der Waals surface area contributed by atoms with E-state index in [1.165, 1.54) is 0 Å². The van der Waals surface area contributed by atoms with Crippen molar-refractivity contribution in [1.82, 2.24) is 5.32 Å². The van der Waals surface area contributed by atoms with E-state index >= 15 is 0 Å². The van der Waals surface area contributed by atoms with Gasteiger partial charge in [0.05, 0.1) is 11.3 Å². The van der Waals surface area contributed by atoms with Crippen molar-refractivity contribution in [3.63, 3.8) is 0 Å². The van der Waals surface area contributed by atoms with Crippen LogP contribution in [0.5, 0.6) is 0 Å². The Hall–Kier alpha value is -0.550. The van der Waals surface area contributed by atoms with Crippen molar-refractivity contribution in [3.05, 3.63) is 26.6 Å². The second-order valence-corrected chi connectivity index (χ2v) is 4.20. The fourth-order valence-electron chi connectivity index (χ4n) is 0.907. The van der Waals surface area contributed by atoms with E-state index < -0.39 is 0 Å². The number of hydrogen-bond acceptors (Lipinski definition) is 2. The Bertz CT molecular complexity index is 352. The molecule has 0 bridgehead atoms. The highest BCUT2D eigenvalue weighted by molar-refractivity contribution is 9.11. The topological polar surface area (TPSA) is 55.1 Å². The van der Waals surface area contributed by atoms with Crippen LogP contribution in [0, 0.1) is 0 Å². The Morgan fingerprint density at radius 1 is 1.46 bits per heavy atom. The highest BCUT2D eigenvalue weighted by Crippen LogP contribution is 2.27. The van der Waals surface area contributed by atoms with E-state index in [1.54, 1.807) is 19.2 Å². The second kappa shape index (κ2) is 4.11. The summed E-state index contributed by atoms with van der Waals surface area (Å²) in [6.45, 7) is 0. The molecule has 13 heavy (non-hydrogen) atoms. The minimum absolute atomic E-state index is 0.195. The summed E-state index contributed by atoms with van der Waals surface area (Å²) in [6, 6.07) is 3.47. The summed E-state index contributed by atoms with van der Waals surface area (Å²) in [7, 11) is 1.57. The Labute approximate surface area is 92.9 Å². The number of benzene rings is 1. The van der Waals surface area contributed by atoms with Gasteiger partial charge in [-0.05, 0) is 28.1 Å². The Kier molecular flexibility index (Phi) is 3.33. The zero-order valence-corrected chi connectivity index (χ0v) is 10.1. The maximum absolute atomic E-state index is 11.3. The molecule has 3 nitrogen and oxygen atoms in total. The lowest BCUT2D eigenvalue weighted by Crippen LogP contribution is -2.19. The normalized spacial score (nSPS) is 9.77. The maximum Gasteiger partial charge on any atom is 0.253 e. The maximum atomic E-state index is 11.3. The number of amides is 1. The monoisotopic (exact) mass is 306 g/mol. The van der Waals surface area contributed by atoms with E-state index in [0.29, 0.717) is 15.7 Å². The molecule has 0 fully saturated rings. The molecule has 1 rings (SSSR count). The molecule has 0 saturated heterocycles. The molecule has 0 aromatic heterocycles. The molecule has 0 radical (unpaired) electrons. The number of anilines is 1. The van der Waals surface area contributed by atoms with Gasteiger partial charge < -0.3 is 11.1 Å². The molecule has 5 heteroatoms. The predicted octanol–water partition coefficient (Wildman–Crippen LogP) is 2.15. The van der Waals surface area contributed by atoms with Gasteiger partial charge in [-0.25, -0.2) is 0 Å². The van der Waals surface area contributed by atoms with Gasteiger partial charge in [-0.3, -0.25) is 4.79 Å². The summed E-state index contributed by atoms with van der Waals surface area (Å²) in [5.74, 6) is -0.195. The van der Waals surface area contributed by atoms with Crippen LogP contribution in [-0.4, -0.2) is 13.0 Å². The molecule has 1 amide bonds. The summed E-state index contributed by atoms with van der Waals surface area (Å²) in [5, 5.41) is 2.52. The third-order valence-electron chi connectivity index (χ3n) is 1.57. The summed E-state index contributed by atoms with van der Waals surface area (Å²) in [5.41, 5.74) is 6.61. The molecule has 0 spiro atoms. The van der Waals surface area contributed by atoms with E-state index in [1.807, 2.05) is 0 Å². The van der Waals surface area contributed by atoms with Crippen LogP contribution in [0.15, 0.2) is 21.1 Å². The highest BCUT2D eigenvalue weighted by Gasteiger charge is 2.11. The van der Waals surface area contributed by atoms with Gasteiger partial charge in [0.15, 0.2) is 0 Å². The van der Waals surface area contributed by atoms with Crippen LogP contribution in [-0.2, 0) is 0 Å². The average molecular weight is 308 g/mol. The third-order valence-corrected chi connectivity index (χ3v) is 2.68. The summed E-state index contributed by atoms with van der Waals surface area (Å²) >= 11 is 6.54. The summed E-state index contributed by atoms with van der Waals surface area (Å²) in [6.07, 6.45) is 0. The molecule has 0 heterocycles. The van der Waals surface area contributed by atoms with Crippen LogP contribution in [0.4, 0.5) is 5.69 Å². The molecule has 0 atom stereocenters. The van der Waals surface area contributed by atoms with Crippen molar-refractivity contribution in [2.45, 2.75) is 0 Å². The van der Waals surface area contributed by atoms with Gasteiger partial charge in [-0.2, -0.15) is 0 Å². The van der Waals surface area contributed by atoms with Crippen molar-refractivity contribution in [2.75, 3.05) is 12.8 Å². The predicted molar refractivity (Wildman–Crippen MR) is 59.6 cm³/mol. The van der Waals surface area contributed by atoms with E-state index in [9.17, 15) is 4.79 Å². The first-order valence-corrected chi connectivity index (χ1v) is 5.11. The Balaban J connectivity index is 3.28. The molecule has 0 aliphatic rings. The zero-order chi connectivity index (χ0) is 10.0. The molecular formula is C8H8Br2N2O. The molecule has 0 aliphatic heterocycles. The van der Waals surface area contributed by atoms with Gasteiger partial charge in [0.2, 0.25) is 0 Å². The average Bonchev–Trinajstić information content (AvgIpc) is 2.10. The second-order valence-electron chi connectivity index (χ2n) is 2.43. The number of rotatable bonds is 1. The molecule has 0 unspecified atom stereocenters. The van der Waals surface area contributed by atoms with Gasteiger partial charge in [-0.1, -0.05) is 15.9 Å². The summed E-state index contributed by atoms with van der Waals surface area (Å²) < 4.78 is 1.52. The largest absolute Gasteiger partial charge is 0.397 e. The van der Waals surface area contributed by atoms with Gasteiger partial charge in [0.25, 0.3) is 5.91 Å². The first-order chi connectivity index (χ1) is 6.06. The number of nitrogens with two attached hydrogens (primary N) is 1. The van der Waals surface area contributed by atoms with Crippen LogP contribution in [0.1, 0.15) is 10.4 Å². The molecule has 1 aromatic carbocycles. The fraction of sp³-hybridized carbons (Fsp3) is 0.125. The minimum atomic E-state index is -0.195. The molecule has 1 aromatic rings. The van der Waals surface area contributed by atoms with Gasteiger partial charge in [-0.15, -0.1) is 0 Å². The standard InChI is InChI=1S/C8H8Br2N2O/c1-12-8(13)5-2-4(9)3-6(10)7(5)11/h2-3H,11H2,1H3,(H,12,13). The van der Waals surface area contributed by atoms with E-state index in [2.05, 4.69) is 37.2 Å². The van der Waals surface area contributed by atoms with Crippen LogP contribution >= 0.6 is 31.9 Å². The van der Waals surface area contributed by atoms with Crippen LogP contribution in [0.3, 0.4) is 0 Å². The lowest BCUT2D eigenvalue weighted by Gasteiger charge is -2.06. The molecule has 70 valence electrons. The van der Waals surface area contributed by atoms with Crippen molar-refractivity contribution >= 4 is 43.5 Å². The van der Waals surface area contributed by atoms with Crippen LogP contribution < -0.4 is 11.1 Å². The Morgan fingerprint density at radius 2 is 2.08 bits per heavy atom. The van der Waals surface area contributed by atoms with Crippen molar-refractivity contribution in [3.8, 4) is 0 Å².